The van der Waals surface area contributed by atoms with Gasteiger partial charge < -0.3 is 9.47 Å². The van der Waals surface area contributed by atoms with E-state index in [0.717, 1.165) is 23.6 Å². The molecule has 1 aromatic carbocycles. The Hall–Kier alpha value is -1.29. The van der Waals surface area contributed by atoms with Crippen molar-refractivity contribution in [1.82, 2.24) is 0 Å². The van der Waals surface area contributed by atoms with E-state index in [0.29, 0.717) is 23.7 Å². The first-order valence-corrected chi connectivity index (χ1v) is 6.08. The van der Waals surface area contributed by atoms with E-state index in [1.807, 2.05) is 6.08 Å². The molecular formula is C13H15BrO3. The van der Waals surface area contributed by atoms with Gasteiger partial charge in [0.15, 0.2) is 11.5 Å². The molecule has 4 heteroatoms. The summed E-state index contributed by atoms with van der Waals surface area (Å²) in [5, 5.41) is 0. The molecule has 0 aromatic heterocycles. The fraction of sp³-hybridized carbons (Fsp3) is 0.308. The molecule has 0 heterocycles. The highest BCUT2D eigenvalue weighted by Crippen LogP contribution is 2.36. The lowest BCUT2D eigenvalue weighted by Crippen LogP contribution is -2.00. The molecule has 0 unspecified atom stereocenters. The summed E-state index contributed by atoms with van der Waals surface area (Å²) >= 11 is 3.36. The lowest BCUT2D eigenvalue weighted by Gasteiger charge is -2.12. The molecule has 0 fully saturated rings. The monoisotopic (exact) mass is 298 g/mol. The van der Waals surface area contributed by atoms with Crippen LogP contribution < -0.4 is 9.47 Å². The number of allylic oxidation sites excluding steroid dienone is 1. The average molecular weight is 299 g/mol. The van der Waals surface area contributed by atoms with Crippen LogP contribution in [0.15, 0.2) is 29.3 Å². The zero-order valence-electron chi connectivity index (χ0n) is 9.74. The van der Waals surface area contributed by atoms with E-state index < -0.39 is 0 Å². The summed E-state index contributed by atoms with van der Waals surface area (Å²) in [6.07, 6.45) is 4.43. The first-order valence-electron chi connectivity index (χ1n) is 5.29. The van der Waals surface area contributed by atoms with Crippen molar-refractivity contribution in [3.63, 3.8) is 0 Å². The van der Waals surface area contributed by atoms with Crippen LogP contribution in [0.25, 0.3) is 0 Å². The number of methoxy groups -OCH3 is 1. The van der Waals surface area contributed by atoms with Crippen LogP contribution in [0.2, 0.25) is 0 Å². The van der Waals surface area contributed by atoms with Gasteiger partial charge in [-0.05, 0) is 40.9 Å². The van der Waals surface area contributed by atoms with Gasteiger partial charge in [-0.15, -0.1) is 6.58 Å². The maximum atomic E-state index is 10.7. The van der Waals surface area contributed by atoms with Gasteiger partial charge in [0.1, 0.15) is 6.29 Å². The molecule has 1 rings (SSSR count). The number of hydrogen-bond donors (Lipinski definition) is 0. The minimum atomic E-state index is 0.548. The van der Waals surface area contributed by atoms with Crippen LogP contribution in [0, 0.1) is 0 Å². The minimum Gasteiger partial charge on any atom is -0.493 e. The second kappa shape index (κ2) is 7.12. The summed E-state index contributed by atoms with van der Waals surface area (Å²) in [5.74, 6) is 1.18. The Balaban J connectivity index is 2.82. The van der Waals surface area contributed by atoms with E-state index in [1.165, 1.54) is 0 Å². The second-order valence-electron chi connectivity index (χ2n) is 3.43. The molecule has 17 heavy (non-hydrogen) atoms. The van der Waals surface area contributed by atoms with Crippen LogP contribution in [0.1, 0.15) is 23.2 Å². The van der Waals surface area contributed by atoms with E-state index in [2.05, 4.69) is 22.5 Å². The lowest BCUT2D eigenvalue weighted by molar-refractivity contribution is 0.112. The van der Waals surface area contributed by atoms with Gasteiger partial charge in [0.25, 0.3) is 0 Å². The summed E-state index contributed by atoms with van der Waals surface area (Å²) in [5.41, 5.74) is 0.548. The normalized spacial score (nSPS) is 9.76. The Morgan fingerprint density at radius 1 is 1.47 bits per heavy atom. The topological polar surface area (TPSA) is 35.5 Å². The first kappa shape index (κ1) is 13.8. The Labute approximate surface area is 110 Å². The fourth-order valence-corrected chi connectivity index (χ4v) is 1.92. The van der Waals surface area contributed by atoms with E-state index in [1.54, 1.807) is 19.2 Å². The van der Waals surface area contributed by atoms with Crippen molar-refractivity contribution in [3.05, 3.63) is 34.8 Å². The standard InChI is InChI=1S/C13H15BrO3/c1-3-4-5-6-17-13-11(14)7-10(9-15)8-12(13)16-2/h3,7-9H,1,4-6H2,2H3. The molecule has 0 amide bonds. The SMILES string of the molecule is C=CCCCOc1c(Br)cc(C=O)cc1OC. The number of carbonyl (C=O) groups is 1. The Bertz CT molecular complexity index is 402. The smallest absolute Gasteiger partial charge is 0.175 e. The van der Waals surface area contributed by atoms with Gasteiger partial charge in [0, 0.05) is 5.56 Å². The van der Waals surface area contributed by atoms with E-state index in [4.69, 9.17) is 9.47 Å². The van der Waals surface area contributed by atoms with E-state index in [-0.39, 0.29) is 0 Å². The average Bonchev–Trinajstić information content (AvgIpc) is 2.35. The predicted molar refractivity (Wildman–Crippen MR) is 71.0 cm³/mol. The largest absolute Gasteiger partial charge is 0.493 e. The number of rotatable bonds is 7. The van der Waals surface area contributed by atoms with Gasteiger partial charge in [-0.25, -0.2) is 0 Å². The number of halogens is 1. The fourth-order valence-electron chi connectivity index (χ4n) is 1.35. The molecule has 3 nitrogen and oxygen atoms in total. The van der Waals surface area contributed by atoms with E-state index in [9.17, 15) is 4.79 Å². The number of benzene rings is 1. The molecule has 0 atom stereocenters. The number of ether oxygens (including phenoxy) is 2. The second-order valence-corrected chi connectivity index (χ2v) is 4.29. The molecule has 0 saturated carbocycles. The molecule has 0 aliphatic rings. The maximum absolute atomic E-state index is 10.7. The van der Waals surface area contributed by atoms with Crippen LogP contribution in [-0.4, -0.2) is 20.0 Å². The predicted octanol–water partition coefficient (Wildman–Crippen LogP) is 3.62. The van der Waals surface area contributed by atoms with Crippen molar-refractivity contribution in [2.75, 3.05) is 13.7 Å². The summed E-state index contributed by atoms with van der Waals surface area (Å²) in [7, 11) is 1.55. The molecule has 0 radical (unpaired) electrons. The van der Waals surface area contributed by atoms with Gasteiger partial charge in [-0.2, -0.15) is 0 Å². The van der Waals surface area contributed by atoms with Crippen molar-refractivity contribution in [2.24, 2.45) is 0 Å². The van der Waals surface area contributed by atoms with Crippen molar-refractivity contribution in [2.45, 2.75) is 12.8 Å². The lowest BCUT2D eigenvalue weighted by atomic mass is 10.2. The minimum absolute atomic E-state index is 0.548. The number of unbranched alkanes of at least 4 members (excludes halogenated alkanes) is 1. The third-order valence-electron chi connectivity index (χ3n) is 2.19. The highest BCUT2D eigenvalue weighted by Gasteiger charge is 2.11. The molecule has 0 saturated heterocycles. The highest BCUT2D eigenvalue weighted by atomic mass is 79.9. The molecule has 0 spiro atoms. The summed E-state index contributed by atoms with van der Waals surface area (Å²) in [6, 6.07) is 3.36. The zero-order valence-corrected chi connectivity index (χ0v) is 11.3. The van der Waals surface area contributed by atoms with Gasteiger partial charge in [0.2, 0.25) is 0 Å². The van der Waals surface area contributed by atoms with Crippen molar-refractivity contribution in [1.29, 1.82) is 0 Å². The summed E-state index contributed by atoms with van der Waals surface area (Å²) in [6.45, 7) is 4.24. The van der Waals surface area contributed by atoms with Gasteiger partial charge in [-0.3, -0.25) is 4.79 Å². The Morgan fingerprint density at radius 2 is 2.24 bits per heavy atom. The molecule has 92 valence electrons. The quantitative estimate of drug-likeness (QED) is 0.438. The van der Waals surface area contributed by atoms with Gasteiger partial charge in [-0.1, -0.05) is 6.08 Å². The van der Waals surface area contributed by atoms with Crippen LogP contribution in [0.3, 0.4) is 0 Å². The Morgan fingerprint density at radius 3 is 2.82 bits per heavy atom. The van der Waals surface area contributed by atoms with Crippen LogP contribution in [0.4, 0.5) is 0 Å². The summed E-state index contributed by atoms with van der Waals surface area (Å²) in [4.78, 5) is 10.7. The molecule has 0 N–H and O–H groups in total. The molecular weight excluding hydrogens is 284 g/mol. The molecule has 0 aliphatic heterocycles. The zero-order chi connectivity index (χ0) is 12.7. The number of aldehydes is 1. The number of carbonyl (C=O) groups excluding carboxylic acids is 1. The van der Waals surface area contributed by atoms with E-state index >= 15 is 0 Å². The van der Waals surface area contributed by atoms with Crippen molar-refractivity contribution >= 4 is 22.2 Å². The summed E-state index contributed by atoms with van der Waals surface area (Å²) < 4.78 is 11.5. The Kier molecular flexibility index (Phi) is 5.77. The van der Waals surface area contributed by atoms with Crippen LogP contribution in [-0.2, 0) is 0 Å². The van der Waals surface area contributed by atoms with Crippen LogP contribution >= 0.6 is 15.9 Å². The third kappa shape index (κ3) is 3.89. The number of hydrogen-bond acceptors (Lipinski definition) is 3. The maximum Gasteiger partial charge on any atom is 0.175 e. The molecule has 0 aliphatic carbocycles. The van der Waals surface area contributed by atoms with Crippen molar-refractivity contribution < 1.29 is 14.3 Å². The third-order valence-corrected chi connectivity index (χ3v) is 2.78. The van der Waals surface area contributed by atoms with Gasteiger partial charge in [0.05, 0.1) is 18.2 Å². The van der Waals surface area contributed by atoms with Gasteiger partial charge >= 0.3 is 0 Å². The van der Waals surface area contributed by atoms with Crippen LogP contribution in [0.5, 0.6) is 11.5 Å². The van der Waals surface area contributed by atoms with Crippen molar-refractivity contribution in [3.8, 4) is 11.5 Å². The first-order chi connectivity index (χ1) is 8.22. The highest BCUT2D eigenvalue weighted by molar-refractivity contribution is 9.10. The molecule has 0 bridgehead atoms. The molecule has 1 aromatic rings.